The van der Waals surface area contributed by atoms with Gasteiger partial charge in [-0.3, -0.25) is 0 Å². The van der Waals surface area contributed by atoms with Crippen LogP contribution in [0.3, 0.4) is 0 Å². The quantitative estimate of drug-likeness (QED) is 0.200. The van der Waals surface area contributed by atoms with Crippen LogP contribution in [-0.2, 0) is 6.61 Å². The smallest absolute Gasteiger partial charge is 0.180 e. The number of nitriles is 1. The van der Waals surface area contributed by atoms with Crippen molar-refractivity contribution >= 4 is 45.6 Å². The number of hydrogen-bond acceptors (Lipinski definition) is 3. The molecule has 0 fully saturated rings. The van der Waals surface area contributed by atoms with Gasteiger partial charge in [-0.25, -0.2) is 0 Å². The second-order valence-electron chi connectivity index (χ2n) is 7.37. The van der Waals surface area contributed by atoms with Gasteiger partial charge in [0.2, 0.25) is 0 Å². The molecule has 0 unspecified atom stereocenters. The standard InChI is InChI=1S/C28H21Cl2NO2/c1-2-32-27-16-19(14-23(17-31)20-10-12-24(29)13-11-20)15-26(30)28(27)33-18-22-8-5-7-21-6-3-4-9-25(21)22/h3-16H,2,18H2,1H3/b23-14+. The van der Waals surface area contributed by atoms with Crippen molar-refractivity contribution in [1.29, 1.82) is 5.26 Å². The Bertz CT molecular complexity index is 1350. The first-order valence-electron chi connectivity index (χ1n) is 10.5. The Morgan fingerprint density at radius 3 is 2.45 bits per heavy atom. The number of benzene rings is 4. The van der Waals surface area contributed by atoms with E-state index in [0.29, 0.717) is 40.3 Å². The molecule has 0 N–H and O–H groups in total. The fourth-order valence-electron chi connectivity index (χ4n) is 3.62. The van der Waals surface area contributed by atoms with Crippen molar-refractivity contribution in [2.75, 3.05) is 6.61 Å². The predicted octanol–water partition coefficient (Wildman–Crippen LogP) is 8.19. The third-order valence-electron chi connectivity index (χ3n) is 5.17. The van der Waals surface area contributed by atoms with Crippen molar-refractivity contribution in [2.24, 2.45) is 0 Å². The molecule has 3 nitrogen and oxygen atoms in total. The van der Waals surface area contributed by atoms with Crippen LogP contribution in [0.2, 0.25) is 10.0 Å². The minimum atomic E-state index is 0.352. The number of nitrogens with zero attached hydrogens (tertiary/aromatic N) is 1. The molecule has 0 aliphatic heterocycles. The molecule has 0 saturated carbocycles. The van der Waals surface area contributed by atoms with E-state index in [1.165, 1.54) is 0 Å². The molecule has 0 aliphatic carbocycles. The van der Waals surface area contributed by atoms with Gasteiger partial charge in [0.25, 0.3) is 0 Å². The average Bonchev–Trinajstić information content (AvgIpc) is 2.83. The van der Waals surface area contributed by atoms with Crippen molar-refractivity contribution < 1.29 is 9.47 Å². The molecule has 4 rings (SSSR count). The van der Waals surface area contributed by atoms with Gasteiger partial charge in [0.05, 0.1) is 23.3 Å². The van der Waals surface area contributed by atoms with Crippen molar-refractivity contribution in [2.45, 2.75) is 13.5 Å². The van der Waals surface area contributed by atoms with Crippen LogP contribution in [0.4, 0.5) is 0 Å². The number of hydrogen-bond donors (Lipinski definition) is 0. The topological polar surface area (TPSA) is 42.2 Å². The molecule has 0 heterocycles. The molecule has 0 aliphatic rings. The van der Waals surface area contributed by atoms with Gasteiger partial charge in [0, 0.05) is 5.02 Å². The van der Waals surface area contributed by atoms with Gasteiger partial charge in [-0.1, -0.05) is 77.8 Å². The van der Waals surface area contributed by atoms with E-state index in [-0.39, 0.29) is 0 Å². The van der Waals surface area contributed by atoms with E-state index >= 15 is 0 Å². The highest BCUT2D eigenvalue weighted by atomic mass is 35.5. The molecule has 4 aromatic carbocycles. The van der Waals surface area contributed by atoms with Crippen molar-refractivity contribution in [3.05, 3.63) is 106 Å². The molecular weight excluding hydrogens is 453 g/mol. The molecule has 0 saturated heterocycles. The summed E-state index contributed by atoms with van der Waals surface area (Å²) >= 11 is 12.6. The summed E-state index contributed by atoms with van der Waals surface area (Å²) in [6.45, 7) is 2.71. The summed E-state index contributed by atoms with van der Waals surface area (Å²) in [7, 11) is 0. The maximum Gasteiger partial charge on any atom is 0.180 e. The molecule has 0 amide bonds. The third-order valence-corrected chi connectivity index (χ3v) is 5.70. The van der Waals surface area contributed by atoms with E-state index in [2.05, 4.69) is 24.3 Å². The number of allylic oxidation sites excluding steroid dienone is 1. The van der Waals surface area contributed by atoms with Gasteiger partial charge in [0.1, 0.15) is 6.61 Å². The van der Waals surface area contributed by atoms with E-state index < -0.39 is 0 Å². The Balaban J connectivity index is 1.65. The van der Waals surface area contributed by atoms with Crippen LogP contribution in [0.1, 0.15) is 23.6 Å². The summed E-state index contributed by atoms with van der Waals surface area (Å²) in [6, 6.07) is 27.3. The van der Waals surface area contributed by atoms with E-state index in [4.69, 9.17) is 32.7 Å². The fraction of sp³-hybridized carbons (Fsp3) is 0.107. The van der Waals surface area contributed by atoms with Crippen LogP contribution in [0, 0.1) is 11.3 Å². The monoisotopic (exact) mass is 473 g/mol. The highest BCUT2D eigenvalue weighted by Gasteiger charge is 2.14. The first kappa shape index (κ1) is 22.7. The highest BCUT2D eigenvalue weighted by molar-refractivity contribution is 6.32. The van der Waals surface area contributed by atoms with Crippen molar-refractivity contribution in [3.63, 3.8) is 0 Å². The molecule has 0 aromatic heterocycles. The lowest BCUT2D eigenvalue weighted by molar-refractivity contribution is 0.270. The molecule has 33 heavy (non-hydrogen) atoms. The summed E-state index contributed by atoms with van der Waals surface area (Å²) in [5.74, 6) is 1.01. The van der Waals surface area contributed by atoms with Crippen LogP contribution < -0.4 is 9.47 Å². The van der Waals surface area contributed by atoms with Gasteiger partial charge in [0.15, 0.2) is 11.5 Å². The molecule has 164 valence electrons. The maximum atomic E-state index is 9.66. The first-order valence-corrected chi connectivity index (χ1v) is 11.3. The minimum Gasteiger partial charge on any atom is -0.490 e. The van der Waals surface area contributed by atoms with Crippen LogP contribution in [0.5, 0.6) is 11.5 Å². The molecule has 0 radical (unpaired) electrons. The zero-order valence-electron chi connectivity index (χ0n) is 18.0. The van der Waals surface area contributed by atoms with Crippen LogP contribution in [0.25, 0.3) is 22.4 Å². The summed E-state index contributed by atoms with van der Waals surface area (Å²) in [5, 5.41) is 13.0. The maximum absolute atomic E-state index is 9.66. The Morgan fingerprint density at radius 2 is 1.70 bits per heavy atom. The summed E-state index contributed by atoms with van der Waals surface area (Å²) in [5.41, 5.74) is 3.07. The number of rotatable bonds is 7. The van der Waals surface area contributed by atoms with Crippen LogP contribution in [-0.4, -0.2) is 6.61 Å². The fourth-order valence-corrected chi connectivity index (χ4v) is 4.02. The summed E-state index contributed by atoms with van der Waals surface area (Å²) < 4.78 is 12.0. The van der Waals surface area contributed by atoms with Gasteiger partial charge >= 0.3 is 0 Å². The summed E-state index contributed by atoms with van der Waals surface area (Å²) in [6.07, 6.45) is 1.77. The lowest BCUT2D eigenvalue weighted by atomic mass is 10.0. The van der Waals surface area contributed by atoms with Crippen LogP contribution in [0.15, 0.2) is 78.9 Å². The molecule has 5 heteroatoms. The van der Waals surface area contributed by atoms with Crippen molar-refractivity contribution in [1.82, 2.24) is 0 Å². The normalized spacial score (nSPS) is 11.3. The number of fused-ring (bicyclic) bond motifs is 1. The van der Waals surface area contributed by atoms with Crippen molar-refractivity contribution in [3.8, 4) is 17.6 Å². The van der Waals surface area contributed by atoms with Gasteiger partial charge in [-0.2, -0.15) is 5.26 Å². The average molecular weight is 474 g/mol. The number of halogens is 2. The zero-order chi connectivity index (χ0) is 23.2. The highest BCUT2D eigenvalue weighted by Crippen LogP contribution is 2.38. The Hall–Kier alpha value is -3.45. The molecule has 0 spiro atoms. The molecular formula is C28H21Cl2NO2. The Kier molecular flexibility index (Phi) is 7.19. The second-order valence-corrected chi connectivity index (χ2v) is 8.21. The number of ether oxygens (including phenoxy) is 2. The summed E-state index contributed by atoms with van der Waals surface area (Å²) in [4.78, 5) is 0. The van der Waals surface area contributed by atoms with E-state index in [1.54, 1.807) is 24.3 Å². The third kappa shape index (κ3) is 5.31. The van der Waals surface area contributed by atoms with Gasteiger partial charge < -0.3 is 9.47 Å². The van der Waals surface area contributed by atoms with Crippen LogP contribution >= 0.6 is 23.2 Å². The zero-order valence-corrected chi connectivity index (χ0v) is 19.5. The molecule has 4 aromatic rings. The van der Waals surface area contributed by atoms with Gasteiger partial charge in [-0.15, -0.1) is 0 Å². The second kappa shape index (κ2) is 10.4. The van der Waals surface area contributed by atoms with Gasteiger partial charge in [-0.05, 0) is 64.7 Å². The Labute approximate surface area is 203 Å². The lowest BCUT2D eigenvalue weighted by Gasteiger charge is -2.15. The predicted molar refractivity (Wildman–Crippen MR) is 136 cm³/mol. The largest absolute Gasteiger partial charge is 0.490 e. The Morgan fingerprint density at radius 1 is 0.939 bits per heavy atom. The SMILES string of the molecule is CCOc1cc(/C=C(\C#N)c2ccc(Cl)cc2)cc(Cl)c1OCc1cccc2ccccc12. The van der Waals surface area contributed by atoms with E-state index in [1.807, 2.05) is 49.4 Å². The molecule has 0 atom stereocenters. The minimum absolute atomic E-state index is 0.352. The molecule has 0 bridgehead atoms. The van der Waals surface area contributed by atoms with E-state index in [9.17, 15) is 5.26 Å². The lowest BCUT2D eigenvalue weighted by Crippen LogP contribution is -2.01. The van der Waals surface area contributed by atoms with E-state index in [0.717, 1.165) is 27.5 Å². The first-order chi connectivity index (χ1) is 16.1.